The fraction of sp³-hybridized carbons (Fsp3) is 0.500. The first-order valence-electron chi connectivity index (χ1n) is 6.29. The van der Waals surface area contributed by atoms with Gasteiger partial charge in [0.2, 0.25) is 10.0 Å². The summed E-state index contributed by atoms with van der Waals surface area (Å²) in [5, 5.41) is 8.62. The van der Waals surface area contributed by atoms with Crippen LogP contribution in [0.15, 0.2) is 18.2 Å². The molecule has 0 aliphatic rings. The third kappa shape index (κ3) is 6.55. The molecule has 5 nitrogen and oxygen atoms in total. The first kappa shape index (κ1) is 16.5. The Hall–Kier alpha value is -1.58. The summed E-state index contributed by atoms with van der Waals surface area (Å²) >= 11 is 0. The molecule has 0 saturated heterocycles. The molecule has 0 amide bonds. The summed E-state index contributed by atoms with van der Waals surface area (Å²) in [6.07, 6.45) is 0.562. The predicted molar refractivity (Wildman–Crippen MR) is 79.7 cm³/mol. The van der Waals surface area contributed by atoms with Crippen LogP contribution in [0.2, 0.25) is 0 Å². The quantitative estimate of drug-likeness (QED) is 0.827. The topological polar surface area (TPSA) is 79.3 Å². The van der Waals surface area contributed by atoms with E-state index in [0.717, 1.165) is 0 Å². The van der Waals surface area contributed by atoms with Crippen molar-refractivity contribution >= 4 is 15.8 Å². The Bertz CT molecular complexity index is 607. The van der Waals surface area contributed by atoms with Gasteiger partial charge in [0.15, 0.2) is 0 Å². The average Bonchev–Trinajstić information content (AvgIpc) is 2.33. The molecule has 20 heavy (non-hydrogen) atoms. The molecule has 0 spiro atoms. The minimum Gasteiger partial charge on any atom is -0.384 e. The number of hydrogen-bond acceptors (Lipinski definition) is 4. The number of hydrogen-bond donors (Lipinski definition) is 2. The van der Waals surface area contributed by atoms with E-state index >= 15 is 0 Å². The number of sulfonamides is 1. The maximum Gasteiger partial charge on any atom is 0.233 e. The summed E-state index contributed by atoms with van der Waals surface area (Å²) in [6, 6.07) is 4.88. The summed E-state index contributed by atoms with van der Waals surface area (Å²) in [4.78, 5) is 4.06. The van der Waals surface area contributed by atoms with E-state index < -0.39 is 10.0 Å². The number of aliphatic hydroxyl groups is 1. The minimum atomic E-state index is -3.42. The van der Waals surface area contributed by atoms with E-state index in [0.29, 0.717) is 12.1 Å². The molecular weight excluding hydrogens is 276 g/mol. The molecule has 1 rings (SSSR count). The Morgan fingerprint density at radius 2 is 2.05 bits per heavy atom. The van der Waals surface area contributed by atoms with Crippen molar-refractivity contribution in [3.05, 3.63) is 23.9 Å². The van der Waals surface area contributed by atoms with Crippen molar-refractivity contribution in [2.75, 3.05) is 17.1 Å². The van der Waals surface area contributed by atoms with Gasteiger partial charge < -0.3 is 5.11 Å². The second kappa shape index (κ2) is 6.73. The zero-order valence-electron chi connectivity index (χ0n) is 12.0. The standard InChI is InChI=1S/C14H20N2O3S/c1-14(2,3)9-11-20(18,19)16-13-8-4-6-12(15-13)7-5-10-17/h4,6,8,17H,9-11H2,1-3H3,(H,15,16). The van der Waals surface area contributed by atoms with E-state index in [2.05, 4.69) is 21.5 Å². The van der Waals surface area contributed by atoms with Crippen molar-refractivity contribution in [3.63, 3.8) is 0 Å². The molecule has 0 radical (unpaired) electrons. The Kier molecular flexibility index (Phi) is 5.54. The Balaban J connectivity index is 2.77. The van der Waals surface area contributed by atoms with E-state index in [1.807, 2.05) is 20.8 Å². The molecule has 1 aromatic rings. The van der Waals surface area contributed by atoms with Crippen LogP contribution in [0.4, 0.5) is 5.82 Å². The minimum absolute atomic E-state index is 0.0450. The average molecular weight is 296 g/mol. The van der Waals surface area contributed by atoms with Gasteiger partial charge in [-0.15, -0.1) is 0 Å². The Morgan fingerprint density at radius 3 is 2.65 bits per heavy atom. The second-order valence-electron chi connectivity index (χ2n) is 5.60. The molecule has 1 aromatic heterocycles. The highest BCUT2D eigenvalue weighted by Gasteiger charge is 2.17. The van der Waals surface area contributed by atoms with Crippen molar-refractivity contribution in [2.45, 2.75) is 27.2 Å². The summed E-state index contributed by atoms with van der Waals surface area (Å²) in [5.74, 6) is 5.38. The zero-order chi connectivity index (χ0) is 15.2. The summed E-state index contributed by atoms with van der Waals surface area (Å²) in [5.41, 5.74) is 0.367. The molecule has 6 heteroatoms. The van der Waals surface area contributed by atoms with Gasteiger partial charge in [-0.25, -0.2) is 13.4 Å². The first-order valence-corrected chi connectivity index (χ1v) is 7.94. The van der Waals surface area contributed by atoms with Crippen LogP contribution in [0.1, 0.15) is 32.9 Å². The lowest BCUT2D eigenvalue weighted by molar-refractivity contribution is 0.350. The van der Waals surface area contributed by atoms with Gasteiger partial charge in [-0.1, -0.05) is 32.8 Å². The van der Waals surface area contributed by atoms with Gasteiger partial charge in [-0.05, 0) is 29.9 Å². The molecule has 0 saturated carbocycles. The molecule has 0 bridgehead atoms. The van der Waals surface area contributed by atoms with Crippen LogP contribution in [0.25, 0.3) is 0 Å². The molecule has 0 unspecified atom stereocenters. The third-order valence-electron chi connectivity index (χ3n) is 2.43. The van der Waals surface area contributed by atoms with Gasteiger partial charge in [0.05, 0.1) is 5.75 Å². The maximum atomic E-state index is 11.9. The monoisotopic (exact) mass is 296 g/mol. The van der Waals surface area contributed by atoms with Crippen LogP contribution in [0, 0.1) is 17.3 Å². The van der Waals surface area contributed by atoms with Crippen LogP contribution in [0.5, 0.6) is 0 Å². The number of aliphatic hydroxyl groups excluding tert-OH is 1. The lowest BCUT2D eigenvalue weighted by atomic mass is 9.94. The summed E-state index contributed by atoms with van der Waals surface area (Å²) in [7, 11) is -3.42. The number of rotatable bonds is 4. The van der Waals surface area contributed by atoms with Crippen molar-refractivity contribution < 1.29 is 13.5 Å². The number of aromatic nitrogens is 1. The molecule has 0 aliphatic carbocycles. The SMILES string of the molecule is CC(C)(C)CCS(=O)(=O)Nc1cccc(C#CCO)n1. The smallest absolute Gasteiger partial charge is 0.233 e. The normalized spacial score (nSPS) is 11.6. The van der Waals surface area contributed by atoms with E-state index in [1.165, 1.54) is 0 Å². The van der Waals surface area contributed by atoms with Gasteiger partial charge in [-0.3, -0.25) is 4.72 Å². The molecule has 0 aromatic carbocycles. The lowest BCUT2D eigenvalue weighted by Gasteiger charge is -2.17. The highest BCUT2D eigenvalue weighted by Crippen LogP contribution is 2.19. The van der Waals surface area contributed by atoms with Crippen molar-refractivity contribution in [1.82, 2.24) is 4.98 Å². The molecule has 110 valence electrons. The van der Waals surface area contributed by atoms with E-state index in [-0.39, 0.29) is 23.6 Å². The van der Waals surface area contributed by atoms with Gasteiger partial charge in [-0.2, -0.15) is 0 Å². The van der Waals surface area contributed by atoms with E-state index in [9.17, 15) is 8.42 Å². The fourth-order valence-corrected chi connectivity index (χ4v) is 2.76. The molecule has 2 N–H and O–H groups in total. The molecule has 0 atom stereocenters. The van der Waals surface area contributed by atoms with Crippen LogP contribution in [-0.4, -0.2) is 30.9 Å². The summed E-state index contributed by atoms with van der Waals surface area (Å²) < 4.78 is 26.3. The molecule has 0 fully saturated rings. The van der Waals surface area contributed by atoms with Crippen LogP contribution >= 0.6 is 0 Å². The van der Waals surface area contributed by atoms with Crippen LogP contribution < -0.4 is 4.72 Å². The number of anilines is 1. The molecule has 1 heterocycles. The molecule has 0 aliphatic heterocycles. The van der Waals surface area contributed by atoms with Crippen molar-refractivity contribution in [2.24, 2.45) is 5.41 Å². The zero-order valence-corrected chi connectivity index (χ0v) is 12.8. The lowest BCUT2D eigenvalue weighted by Crippen LogP contribution is -2.21. The summed E-state index contributed by atoms with van der Waals surface area (Å²) in [6.45, 7) is 5.72. The van der Waals surface area contributed by atoms with E-state index in [4.69, 9.17) is 5.11 Å². The fourth-order valence-electron chi connectivity index (χ4n) is 1.34. The van der Waals surface area contributed by atoms with Crippen LogP contribution in [-0.2, 0) is 10.0 Å². The number of nitrogens with one attached hydrogen (secondary N) is 1. The third-order valence-corrected chi connectivity index (χ3v) is 3.69. The number of pyridine rings is 1. The van der Waals surface area contributed by atoms with Crippen LogP contribution in [0.3, 0.4) is 0 Å². The number of nitrogens with zero attached hydrogens (tertiary/aromatic N) is 1. The van der Waals surface area contributed by atoms with Gasteiger partial charge >= 0.3 is 0 Å². The van der Waals surface area contributed by atoms with Crippen molar-refractivity contribution in [3.8, 4) is 11.8 Å². The van der Waals surface area contributed by atoms with Gasteiger partial charge in [0, 0.05) is 0 Å². The highest BCUT2D eigenvalue weighted by atomic mass is 32.2. The highest BCUT2D eigenvalue weighted by molar-refractivity contribution is 7.92. The van der Waals surface area contributed by atoms with E-state index in [1.54, 1.807) is 18.2 Å². The van der Waals surface area contributed by atoms with Gasteiger partial charge in [0.1, 0.15) is 18.1 Å². The van der Waals surface area contributed by atoms with Crippen molar-refractivity contribution in [1.29, 1.82) is 0 Å². The van der Waals surface area contributed by atoms with Gasteiger partial charge in [0.25, 0.3) is 0 Å². The maximum absolute atomic E-state index is 11.9. The Labute approximate surface area is 120 Å². The largest absolute Gasteiger partial charge is 0.384 e. The molecular formula is C14H20N2O3S. The first-order chi connectivity index (χ1) is 9.22. The predicted octanol–water partition coefficient (Wildman–Crippen LogP) is 1.60. The second-order valence-corrected chi connectivity index (χ2v) is 7.44. The Morgan fingerprint density at radius 1 is 1.35 bits per heavy atom.